The van der Waals surface area contributed by atoms with E-state index in [1.807, 2.05) is 18.3 Å². The maximum Gasteiger partial charge on any atom is 0.508 e. The minimum absolute atomic E-state index is 0. The number of ether oxygens (including phenoxy) is 2. The summed E-state index contributed by atoms with van der Waals surface area (Å²) >= 11 is 0. The molecule has 0 amide bonds. The molecule has 0 aliphatic carbocycles. The first-order chi connectivity index (χ1) is 11.2. The Balaban J connectivity index is 0.00000208. The molecule has 1 atom stereocenters. The third kappa shape index (κ3) is 4.07. The molecule has 1 fully saturated rings. The van der Waals surface area contributed by atoms with Crippen LogP contribution in [0.3, 0.4) is 0 Å². The number of carbonyl (C=O) groups excluding carboxylic acids is 2. The summed E-state index contributed by atoms with van der Waals surface area (Å²) in [7, 11) is 1.24. The lowest BCUT2D eigenvalue weighted by Crippen LogP contribution is -2.47. The zero-order valence-electron chi connectivity index (χ0n) is 13.5. The van der Waals surface area contributed by atoms with E-state index in [-0.39, 0.29) is 18.2 Å². The molecule has 24 heavy (non-hydrogen) atoms. The van der Waals surface area contributed by atoms with Gasteiger partial charge in [0.05, 0.1) is 7.11 Å². The number of likely N-dealkylation sites (tertiary alicyclic amines) is 1. The highest BCUT2D eigenvalue weighted by Crippen LogP contribution is 2.19. The summed E-state index contributed by atoms with van der Waals surface area (Å²) in [5.74, 6) is -0.0428. The van der Waals surface area contributed by atoms with E-state index >= 15 is 0 Å². The quantitative estimate of drug-likeness (QED) is 0.856. The fourth-order valence-corrected chi connectivity index (χ4v) is 2.94. The largest absolute Gasteiger partial charge is 0.508 e. The van der Waals surface area contributed by atoms with Gasteiger partial charge in [-0.15, -0.1) is 12.4 Å². The predicted molar refractivity (Wildman–Crippen MR) is 92.6 cm³/mol. The van der Waals surface area contributed by atoms with Gasteiger partial charge in [0, 0.05) is 43.2 Å². The van der Waals surface area contributed by atoms with E-state index in [9.17, 15) is 9.59 Å². The molecule has 6 nitrogen and oxygen atoms in total. The van der Waals surface area contributed by atoms with Gasteiger partial charge in [-0.2, -0.15) is 0 Å². The van der Waals surface area contributed by atoms with Gasteiger partial charge < -0.3 is 14.5 Å². The average molecular weight is 353 g/mol. The molecule has 1 saturated heterocycles. The minimum Gasteiger partial charge on any atom is -0.438 e. The van der Waals surface area contributed by atoms with Crippen molar-refractivity contribution in [2.45, 2.75) is 18.9 Å². The molecule has 0 saturated carbocycles. The molecule has 1 N–H and O–H groups in total. The minimum atomic E-state index is -0.804. The van der Waals surface area contributed by atoms with Crippen LogP contribution in [0.25, 0.3) is 10.9 Å². The lowest BCUT2D eigenvalue weighted by atomic mass is 10.1. The van der Waals surface area contributed by atoms with E-state index in [0.29, 0.717) is 19.5 Å². The van der Waals surface area contributed by atoms with Crippen molar-refractivity contribution in [1.82, 2.24) is 9.88 Å². The number of nitrogens with zero attached hydrogens (tertiary/aromatic N) is 1. The van der Waals surface area contributed by atoms with Crippen molar-refractivity contribution in [3.63, 3.8) is 0 Å². The molecule has 1 aromatic heterocycles. The van der Waals surface area contributed by atoms with Gasteiger partial charge in [-0.25, -0.2) is 4.79 Å². The molecular formula is C17H21ClN2O4. The molecule has 3 rings (SSSR count). The Morgan fingerprint density at radius 1 is 1.38 bits per heavy atom. The van der Waals surface area contributed by atoms with Crippen molar-refractivity contribution < 1.29 is 19.1 Å². The number of aromatic nitrogens is 1. The maximum absolute atomic E-state index is 11.8. The van der Waals surface area contributed by atoms with E-state index in [1.54, 1.807) is 0 Å². The van der Waals surface area contributed by atoms with Crippen molar-refractivity contribution in [2.24, 2.45) is 0 Å². The fourth-order valence-electron chi connectivity index (χ4n) is 2.94. The lowest BCUT2D eigenvalue weighted by molar-refractivity contribution is -0.133. The van der Waals surface area contributed by atoms with Crippen LogP contribution in [0.4, 0.5) is 4.79 Å². The Morgan fingerprint density at radius 2 is 2.17 bits per heavy atom. The van der Waals surface area contributed by atoms with Crippen LogP contribution in [0.15, 0.2) is 30.5 Å². The predicted octanol–water partition coefficient (Wildman–Crippen LogP) is 2.56. The lowest BCUT2D eigenvalue weighted by Gasteiger charge is -2.30. The Bertz CT molecular complexity index is 715. The highest BCUT2D eigenvalue weighted by Gasteiger charge is 2.30. The average Bonchev–Trinajstić information content (AvgIpc) is 2.98. The molecule has 2 heterocycles. The number of benzene rings is 1. The molecule has 2 aromatic rings. The summed E-state index contributed by atoms with van der Waals surface area (Å²) in [4.78, 5) is 28.5. The smallest absolute Gasteiger partial charge is 0.438 e. The Hall–Kier alpha value is -2.05. The number of aromatic amines is 1. The van der Waals surface area contributed by atoms with E-state index in [4.69, 9.17) is 4.74 Å². The second-order valence-corrected chi connectivity index (χ2v) is 5.69. The van der Waals surface area contributed by atoms with Crippen molar-refractivity contribution >= 4 is 35.2 Å². The van der Waals surface area contributed by atoms with Crippen LogP contribution in [-0.4, -0.2) is 54.7 Å². The zero-order chi connectivity index (χ0) is 16.2. The Labute approximate surface area is 146 Å². The van der Waals surface area contributed by atoms with Gasteiger partial charge in [0.25, 0.3) is 0 Å². The van der Waals surface area contributed by atoms with Gasteiger partial charge in [0.1, 0.15) is 0 Å². The highest BCUT2D eigenvalue weighted by molar-refractivity contribution is 5.86. The summed E-state index contributed by atoms with van der Waals surface area (Å²) in [5, 5.41) is 1.22. The van der Waals surface area contributed by atoms with Gasteiger partial charge in [0.15, 0.2) is 11.9 Å². The first-order valence-corrected chi connectivity index (χ1v) is 7.72. The van der Waals surface area contributed by atoms with Crippen LogP contribution in [-0.2, 0) is 20.7 Å². The van der Waals surface area contributed by atoms with Crippen molar-refractivity contribution in [1.29, 1.82) is 0 Å². The molecule has 1 aliphatic heterocycles. The number of para-hydroxylation sites is 1. The van der Waals surface area contributed by atoms with E-state index in [1.165, 1.54) is 18.1 Å². The SMILES string of the molecule is COC(=O)OC1CN(CCc2c[nH]c3ccccc23)CCC1=O.Cl. The maximum atomic E-state index is 11.8. The van der Waals surface area contributed by atoms with Crippen LogP contribution in [0.5, 0.6) is 0 Å². The second kappa shape index (κ2) is 8.17. The van der Waals surface area contributed by atoms with Gasteiger partial charge in [-0.3, -0.25) is 9.69 Å². The normalized spacial score (nSPS) is 18.2. The molecule has 1 aliphatic rings. The molecule has 130 valence electrons. The summed E-state index contributed by atoms with van der Waals surface area (Å²) < 4.78 is 9.50. The Morgan fingerprint density at radius 3 is 2.96 bits per heavy atom. The van der Waals surface area contributed by atoms with Crippen LogP contribution >= 0.6 is 12.4 Å². The fraction of sp³-hybridized carbons (Fsp3) is 0.412. The first-order valence-electron chi connectivity index (χ1n) is 7.72. The van der Waals surface area contributed by atoms with Crippen molar-refractivity contribution in [3.05, 3.63) is 36.0 Å². The third-order valence-electron chi connectivity index (χ3n) is 4.24. The number of methoxy groups -OCH3 is 1. The number of piperidine rings is 1. The topological polar surface area (TPSA) is 71.6 Å². The van der Waals surface area contributed by atoms with Crippen molar-refractivity contribution in [2.75, 3.05) is 26.7 Å². The number of H-pyrrole nitrogens is 1. The molecule has 0 radical (unpaired) electrons. The third-order valence-corrected chi connectivity index (χ3v) is 4.24. The zero-order valence-corrected chi connectivity index (χ0v) is 14.3. The van der Waals surface area contributed by atoms with Gasteiger partial charge >= 0.3 is 6.16 Å². The summed E-state index contributed by atoms with van der Waals surface area (Å²) in [6, 6.07) is 8.19. The van der Waals surface area contributed by atoms with Gasteiger partial charge in [-0.1, -0.05) is 18.2 Å². The number of ketones is 1. The standard InChI is InChI=1S/C17H20N2O4.ClH/c1-22-17(21)23-16-11-19(9-7-15(16)20)8-6-12-10-18-14-5-3-2-4-13(12)14;/h2-5,10,16,18H,6-9,11H2,1H3;1H. The second-order valence-electron chi connectivity index (χ2n) is 5.69. The first kappa shape index (κ1) is 18.3. The Kier molecular flexibility index (Phi) is 6.23. The number of Topliss-reactive ketones (excluding diaryl/α,β-unsaturated/α-hetero) is 1. The molecule has 0 spiro atoms. The molecule has 1 aromatic carbocycles. The van der Waals surface area contributed by atoms with Crippen LogP contribution in [0.2, 0.25) is 0 Å². The van der Waals surface area contributed by atoms with Crippen LogP contribution in [0, 0.1) is 0 Å². The molecule has 1 unspecified atom stereocenters. The van der Waals surface area contributed by atoms with E-state index < -0.39 is 12.3 Å². The summed E-state index contributed by atoms with van der Waals surface area (Å²) in [5.41, 5.74) is 2.38. The number of fused-ring (bicyclic) bond motifs is 1. The monoisotopic (exact) mass is 352 g/mol. The van der Waals surface area contributed by atoms with Crippen LogP contribution < -0.4 is 0 Å². The van der Waals surface area contributed by atoms with Crippen LogP contribution in [0.1, 0.15) is 12.0 Å². The highest BCUT2D eigenvalue weighted by atomic mass is 35.5. The molecule has 0 bridgehead atoms. The van der Waals surface area contributed by atoms with Gasteiger partial charge in [-0.05, 0) is 18.1 Å². The number of nitrogens with one attached hydrogen (secondary N) is 1. The number of rotatable bonds is 4. The number of hydrogen-bond acceptors (Lipinski definition) is 5. The summed E-state index contributed by atoms with van der Waals surface area (Å²) in [6.45, 7) is 1.94. The number of carbonyl (C=O) groups is 2. The van der Waals surface area contributed by atoms with Gasteiger partial charge in [0.2, 0.25) is 0 Å². The van der Waals surface area contributed by atoms with E-state index in [2.05, 4.69) is 26.8 Å². The molecular weight excluding hydrogens is 332 g/mol. The number of halogens is 1. The van der Waals surface area contributed by atoms with Crippen molar-refractivity contribution in [3.8, 4) is 0 Å². The summed E-state index contributed by atoms with van der Waals surface area (Å²) in [6.07, 6.45) is 1.78. The van der Waals surface area contributed by atoms with E-state index in [0.717, 1.165) is 18.5 Å². The number of hydrogen-bond donors (Lipinski definition) is 1. The molecule has 7 heteroatoms.